The molecule has 0 bridgehead atoms. The van der Waals surface area contributed by atoms with Gasteiger partial charge in [0.15, 0.2) is 0 Å². The van der Waals surface area contributed by atoms with Gasteiger partial charge in [-0.1, -0.05) is 93.3 Å². The van der Waals surface area contributed by atoms with Crippen LogP contribution in [-0.4, -0.2) is 67.0 Å². The van der Waals surface area contributed by atoms with E-state index in [1.165, 1.54) is 18.4 Å². The van der Waals surface area contributed by atoms with Crippen molar-refractivity contribution < 1.29 is 38.1 Å². The minimum Gasteiger partial charge on any atom is -0.492 e. The monoisotopic (exact) mass is 798 g/mol. The molecule has 0 radical (unpaired) electrons. The molecule has 4 amide bonds. The number of aliphatic imine (C=N–C) groups is 1. The van der Waals surface area contributed by atoms with Crippen LogP contribution in [0, 0.1) is 0 Å². The normalized spacial score (nSPS) is 13.1. The molecule has 0 aromatic heterocycles. The van der Waals surface area contributed by atoms with Gasteiger partial charge in [0.25, 0.3) is 0 Å². The highest BCUT2D eigenvalue weighted by Crippen LogP contribution is 2.44. The molecule has 0 unspecified atom stereocenters. The largest absolute Gasteiger partial charge is 0.492 e. The number of ether oxygens (including phenoxy) is 4. The van der Waals surface area contributed by atoms with E-state index in [4.69, 9.17) is 18.9 Å². The molecule has 0 saturated carbocycles. The number of amides is 4. The van der Waals surface area contributed by atoms with Gasteiger partial charge in [-0.2, -0.15) is 4.99 Å². The van der Waals surface area contributed by atoms with Gasteiger partial charge in [0, 0.05) is 12.3 Å². The predicted octanol–water partition coefficient (Wildman–Crippen LogP) is 9.63. The first-order valence-corrected chi connectivity index (χ1v) is 20.5. The molecule has 12 nitrogen and oxygen atoms in total. The zero-order chi connectivity index (χ0) is 42.1. The number of aryl methyl sites for hydroxylation is 1. The van der Waals surface area contributed by atoms with Crippen molar-refractivity contribution in [1.29, 1.82) is 0 Å². The minimum atomic E-state index is -0.882. The number of benzene rings is 3. The summed E-state index contributed by atoms with van der Waals surface area (Å²) in [5.41, 5.74) is 4.17. The third kappa shape index (κ3) is 15.5. The lowest BCUT2D eigenvalue weighted by Gasteiger charge is -2.21. The molecule has 1 atom stereocenters. The van der Waals surface area contributed by atoms with E-state index in [2.05, 4.69) is 52.1 Å². The first-order valence-electron chi connectivity index (χ1n) is 20.5. The fourth-order valence-electron chi connectivity index (χ4n) is 6.63. The van der Waals surface area contributed by atoms with Crippen molar-refractivity contribution in [1.82, 2.24) is 16.0 Å². The number of rotatable bonds is 18. The second-order valence-electron chi connectivity index (χ2n) is 16.5. The lowest BCUT2D eigenvalue weighted by molar-refractivity contribution is -0.123. The van der Waals surface area contributed by atoms with Gasteiger partial charge in [-0.25, -0.2) is 14.4 Å². The Balaban J connectivity index is 1.35. The summed E-state index contributed by atoms with van der Waals surface area (Å²) in [6.45, 7) is 13.2. The maximum absolute atomic E-state index is 13.5. The maximum Gasteiger partial charge on any atom is 0.435 e. The van der Waals surface area contributed by atoms with Crippen LogP contribution in [0.3, 0.4) is 0 Å². The van der Waals surface area contributed by atoms with E-state index in [9.17, 15) is 19.2 Å². The number of alkyl carbamates (subject to hydrolysis) is 2. The van der Waals surface area contributed by atoms with Crippen molar-refractivity contribution in [2.24, 2.45) is 4.99 Å². The molecule has 0 spiro atoms. The summed E-state index contributed by atoms with van der Waals surface area (Å²) in [4.78, 5) is 55.8. The summed E-state index contributed by atoms with van der Waals surface area (Å²) in [6, 6.07) is 23.3. The molecule has 3 aromatic rings. The smallest absolute Gasteiger partial charge is 0.435 e. The van der Waals surface area contributed by atoms with Gasteiger partial charge in [0.1, 0.15) is 42.0 Å². The molecule has 0 heterocycles. The Hall–Kier alpha value is -5.39. The van der Waals surface area contributed by atoms with Crippen LogP contribution in [0.1, 0.15) is 122 Å². The van der Waals surface area contributed by atoms with E-state index in [1.807, 2.05) is 48.5 Å². The zero-order valence-electron chi connectivity index (χ0n) is 35.3. The van der Waals surface area contributed by atoms with Gasteiger partial charge in [-0.05, 0) is 107 Å². The van der Waals surface area contributed by atoms with Crippen LogP contribution in [0.2, 0.25) is 0 Å². The molecule has 1 aliphatic rings. The van der Waals surface area contributed by atoms with Crippen molar-refractivity contribution >= 4 is 30.0 Å². The predicted molar refractivity (Wildman–Crippen MR) is 226 cm³/mol. The van der Waals surface area contributed by atoms with Gasteiger partial charge in [-0.15, -0.1) is 0 Å². The molecule has 12 heteroatoms. The van der Waals surface area contributed by atoms with Crippen molar-refractivity contribution in [3.8, 4) is 16.9 Å². The third-order valence-electron chi connectivity index (χ3n) is 9.29. The highest BCUT2D eigenvalue weighted by Gasteiger charge is 2.30. The summed E-state index contributed by atoms with van der Waals surface area (Å²) in [7, 11) is 0. The Bertz CT molecular complexity index is 1800. The molecule has 0 fully saturated rings. The van der Waals surface area contributed by atoms with Crippen LogP contribution in [-0.2, 0) is 25.4 Å². The lowest BCUT2D eigenvalue weighted by atomic mass is 9.98. The minimum absolute atomic E-state index is 0.112. The third-order valence-corrected chi connectivity index (χ3v) is 9.29. The standard InChI is InChI=1S/C46H62N4O8/c1-8-9-11-18-32-25-27-33(28-26-32)55-30-29-47-41(51)39(48-42(52)56-31-38-36-21-16-14-19-34(36)35-20-15-17-22-37(35)38)23-12-10-13-24-40(49-43(53)57-45(2,3)4)50-44(54)58-46(5,6)7/h14-17,19-22,25-28,38-39H,8-13,18,23-24,29-31H2,1-7H3,(H,47,51)(H,48,52)(H,49,50,53,54)/t39-/m0/s1. The Morgan fingerprint density at radius 2 is 1.38 bits per heavy atom. The first kappa shape index (κ1) is 45.3. The van der Waals surface area contributed by atoms with E-state index in [1.54, 1.807) is 41.5 Å². The molecular weight excluding hydrogens is 737 g/mol. The topological polar surface area (TPSA) is 154 Å². The van der Waals surface area contributed by atoms with E-state index >= 15 is 0 Å². The van der Waals surface area contributed by atoms with Crippen LogP contribution >= 0.6 is 0 Å². The van der Waals surface area contributed by atoms with Crippen molar-refractivity contribution in [2.75, 3.05) is 19.8 Å². The highest BCUT2D eigenvalue weighted by molar-refractivity contribution is 6.00. The number of hydrogen-bond donors (Lipinski definition) is 3. The van der Waals surface area contributed by atoms with Crippen LogP contribution in [0.15, 0.2) is 77.8 Å². The summed E-state index contributed by atoms with van der Waals surface area (Å²) in [5.74, 6) is 0.346. The van der Waals surface area contributed by atoms with Crippen LogP contribution in [0.25, 0.3) is 11.1 Å². The summed E-state index contributed by atoms with van der Waals surface area (Å²) < 4.78 is 22.3. The molecule has 0 aliphatic heterocycles. The Morgan fingerprint density at radius 3 is 2.00 bits per heavy atom. The van der Waals surface area contributed by atoms with Crippen molar-refractivity contribution in [2.45, 2.75) is 129 Å². The van der Waals surface area contributed by atoms with Crippen molar-refractivity contribution in [3.63, 3.8) is 0 Å². The highest BCUT2D eigenvalue weighted by atomic mass is 16.6. The van der Waals surface area contributed by atoms with Gasteiger partial charge in [0.05, 0.1) is 6.54 Å². The molecule has 4 rings (SSSR count). The molecule has 58 heavy (non-hydrogen) atoms. The molecular formula is C46H62N4O8. The molecule has 314 valence electrons. The number of carbonyl (C=O) groups is 4. The number of nitrogens with one attached hydrogen (secondary N) is 3. The Labute approximate surface area is 343 Å². The second kappa shape index (κ2) is 21.9. The second-order valence-corrected chi connectivity index (χ2v) is 16.5. The summed E-state index contributed by atoms with van der Waals surface area (Å²) in [6.07, 6.45) is 4.52. The van der Waals surface area contributed by atoms with Gasteiger partial charge >= 0.3 is 18.3 Å². The average Bonchev–Trinajstić information content (AvgIpc) is 3.47. The van der Waals surface area contributed by atoms with E-state index < -0.39 is 35.5 Å². The number of nitrogens with zero attached hydrogens (tertiary/aromatic N) is 1. The van der Waals surface area contributed by atoms with Gasteiger partial charge < -0.3 is 29.6 Å². The lowest BCUT2D eigenvalue weighted by Crippen LogP contribution is -2.47. The van der Waals surface area contributed by atoms with Crippen molar-refractivity contribution in [3.05, 3.63) is 89.5 Å². The first-order chi connectivity index (χ1) is 27.6. The Kier molecular flexibility index (Phi) is 17.1. The molecule has 3 aromatic carbocycles. The number of fused-ring (bicyclic) bond motifs is 3. The Morgan fingerprint density at radius 1 is 0.741 bits per heavy atom. The number of unbranched alkanes of at least 4 members (excludes halogenated alkanes) is 4. The van der Waals surface area contributed by atoms with Crippen LogP contribution < -0.4 is 20.7 Å². The van der Waals surface area contributed by atoms with Gasteiger partial charge in [0.2, 0.25) is 5.91 Å². The molecule has 3 N–H and O–H groups in total. The van der Waals surface area contributed by atoms with E-state index in [-0.39, 0.29) is 43.8 Å². The van der Waals surface area contributed by atoms with Crippen LogP contribution in [0.5, 0.6) is 5.75 Å². The van der Waals surface area contributed by atoms with E-state index in [0.717, 1.165) is 40.8 Å². The number of carbonyl (C=O) groups excluding carboxylic acids is 4. The van der Waals surface area contributed by atoms with E-state index in [0.29, 0.717) is 25.7 Å². The number of amidine groups is 1. The maximum atomic E-state index is 13.5. The quantitative estimate of drug-likeness (QED) is 0.0498. The molecule has 1 aliphatic carbocycles. The summed E-state index contributed by atoms with van der Waals surface area (Å²) in [5, 5.41) is 8.27. The average molecular weight is 799 g/mol. The SMILES string of the molecule is CCCCCc1ccc(OCCNC(=O)[C@H](CCCCCC(=NC(=O)OC(C)(C)C)NC(=O)OC(C)(C)C)NC(=O)OCC2c3ccccc3-c3ccccc32)cc1. The zero-order valence-corrected chi connectivity index (χ0v) is 35.3. The summed E-state index contributed by atoms with van der Waals surface area (Å²) >= 11 is 0. The fraction of sp³-hybridized carbons (Fsp3) is 0.500. The molecule has 0 saturated heterocycles. The fourth-order valence-corrected chi connectivity index (χ4v) is 6.63. The number of hydrogen-bond acceptors (Lipinski definition) is 8. The van der Waals surface area contributed by atoms with Gasteiger partial charge in [-0.3, -0.25) is 10.1 Å². The van der Waals surface area contributed by atoms with Crippen LogP contribution in [0.4, 0.5) is 14.4 Å².